The van der Waals surface area contributed by atoms with Crippen LogP contribution in [0.15, 0.2) is 78.9 Å². The Morgan fingerprint density at radius 1 is 0.750 bits per heavy atom. The number of hydrogen-bond donors (Lipinski definition) is 0. The van der Waals surface area contributed by atoms with Gasteiger partial charge in [-0.05, 0) is 84.0 Å². The first-order chi connectivity index (χ1) is 17.4. The fourth-order valence-corrected chi connectivity index (χ4v) is 4.23. The third kappa shape index (κ3) is 5.93. The number of aryl methyl sites for hydroxylation is 3. The highest BCUT2D eigenvalue weighted by Gasteiger charge is 2.17. The number of allylic oxidation sites excluding steroid dienone is 2. The van der Waals surface area contributed by atoms with Crippen molar-refractivity contribution in [3.8, 4) is 16.9 Å². The van der Waals surface area contributed by atoms with E-state index in [9.17, 15) is 17.6 Å². The van der Waals surface area contributed by atoms with E-state index in [1.807, 2.05) is 31.2 Å². The maximum Gasteiger partial charge on any atom is 0.387 e. The molecule has 6 heteroatoms. The molecular weight excluding hydrogens is 471 g/mol. The lowest BCUT2D eigenvalue weighted by Crippen LogP contribution is -2.06. The molecule has 0 aliphatic heterocycles. The molecule has 0 amide bonds. The van der Waals surface area contributed by atoms with Crippen LogP contribution in [0.2, 0.25) is 0 Å². The molecule has 4 aromatic rings. The van der Waals surface area contributed by atoms with Gasteiger partial charge in [-0.2, -0.15) is 8.78 Å². The van der Waals surface area contributed by atoms with Gasteiger partial charge in [0.2, 0.25) is 0 Å². The van der Waals surface area contributed by atoms with Crippen LogP contribution in [-0.2, 0) is 19.3 Å². The Morgan fingerprint density at radius 3 is 2.11 bits per heavy atom. The molecule has 186 valence electrons. The van der Waals surface area contributed by atoms with E-state index in [0.717, 1.165) is 41.5 Å². The molecule has 1 nitrogen and oxygen atoms in total. The molecule has 0 bridgehead atoms. The van der Waals surface area contributed by atoms with Crippen molar-refractivity contribution in [1.29, 1.82) is 0 Å². The SMILES string of the molecule is C/C=C/CCc1ccc(-c2ccc3c(F)c(CCc4cc(F)c(OC(F)F)c(F)c4)ccc3c2)cc1. The summed E-state index contributed by atoms with van der Waals surface area (Å²) in [4.78, 5) is 0. The van der Waals surface area contributed by atoms with E-state index in [4.69, 9.17) is 0 Å². The highest BCUT2D eigenvalue weighted by atomic mass is 19.3. The number of rotatable bonds is 9. The molecular formula is C30H25F5O. The molecule has 0 saturated heterocycles. The summed E-state index contributed by atoms with van der Waals surface area (Å²) < 4.78 is 71.7. The van der Waals surface area contributed by atoms with Crippen molar-refractivity contribution in [1.82, 2.24) is 0 Å². The summed E-state index contributed by atoms with van der Waals surface area (Å²) in [6.45, 7) is -1.33. The molecule has 0 unspecified atom stereocenters. The van der Waals surface area contributed by atoms with Crippen LogP contribution in [0.5, 0.6) is 5.75 Å². The van der Waals surface area contributed by atoms with Crippen LogP contribution >= 0.6 is 0 Å². The number of benzene rings is 4. The molecule has 0 aliphatic carbocycles. The third-order valence-corrected chi connectivity index (χ3v) is 6.10. The van der Waals surface area contributed by atoms with Gasteiger partial charge in [0.1, 0.15) is 5.82 Å². The minimum atomic E-state index is -3.33. The number of ether oxygens (including phenoxy) is 1. The highest BCUT2D eigenvalue weighted by molar-refractivity contribution is 5.88. The summed E-state index contributed by atoms with van der Waals surface area (Å²) >= 11 is 0. The summed E-state index contributed by atoms with van der Waals surface area (Å²) in [7, 11) is 0. The largest absolute Gasteiger partial charge is 0.429 e. The summed E-state index contributed by atoms with van der Waals surface area (Å²) in [5, 5.41) is 1.20. The Kier molecular flexibility index (Phi) is 8.04. The summed E-state index contributed by atoms with van der Waals surface area (Å²) in [5.74, 6) is -3.95. The second kappa shape index (κ2) is 11.4. The predicted molar refractivity (Wildman–Crippen MR) is 133 cm³/mol. The summed E-state index contributed by atoms with van der Waals surface area (Å²) in [6, 6.07) is 19.2. The predicted octanol–water partition coefficient (Wildman–Crippen LogP) is 8.82. The van der Waals surface area contributed by atoms with Crippen molar-refractivity contribution in [2.24, 2.45) is 0 Å². The molecule has 0 N–H and O–H groups in total. The van der Waals surface area contributed by atoms with Crippen molar-refractivity contribution in [2.75, 3.05) is 0 Å². The van der Waals surface area contributed by atoms with E-state index >= 15 is 4.39 Å². The molecule has 0 aliphatic rings. The number of halogens is 5. The van der Waals surface area contributed by atoms with Gasteiger partial charge in [0.05, 0.1) is 0 Å². The van der Waals surface area contributed by atoms with E-state index < -0.39 is 29.8 Å². The number of hydrogen-bond acceptors (Lipinski definition) is 1. The zero-order valence-corrected chi connectivity index (χ0v) is 19.7. The van der Waals surface area contributed by atoms with Crippen LogP contribution in [0.25, 0.3) is 21.9 Å². The molecule has 0 heterocycles. The first kappa shape index (κ1) is 25.4. The monoisotopic (exact) mass is 496 g/mol. The lowest BCUT2D eigenvalue weighted by Gasteiger charge is -2.11. The zero-order chi connectivity index (χ0) is 25.7. The van der Waals surface area contributed by atoms with E-state index in [1.165, 1.54) is 5.56 Å². The molecule has 36 heavy (non-hydrogen) atoms. The van der Waals surface area contributed by atoms with Crippen molar-refractivity contribution >= 4 is 10.8 Å². The Hall–Kier alpha value is -3.67. The Bertz CT molecular complexity index is 1350. The first-order valence-corrected chi connectivity index (χ1v) is 11.7. The van der Waals surface area contributed by atoms with Crippen molar-refractivity contribution in [3.63, 3.8) is 0 Å². The van der Waals surface area contributed by atoms with E-state index in [2.05, 4.69) is 35.1 Å². The minimum absolute atomic E-state index is 0.129. The second-order valence-electron chi connectivity index (χ2n) is 8.55. The van der Waals surface area contributed by atoms with E-state index in [-0.39, 0.29) is 18.4 Å². The van der Waals surface area contributed by atoms with E-state index in [0.29, 0.717) is 10.9 Å². The van der Waals surface area contributed by atoms with Crippen LogP contribution in [0.4, 0.5) is 22.0 Å². The maximum absolute atomic E-state index is 15.2. The van der Waals surface area contributed by atoms with Gasteiger partial charge in [-0.1, -0.05) is 60.7 Å². The number of alkyl halides is 2. The van der Waals surface area contributed by atoms with Gasteiger partial charge in [0.25, 0.3) is 0 Å². The molecule has 4 rings (SSSR count). The van der Waals surface area contributed by atoms with Crippen LogP contribution in [0, 0.1) is 17.5 Å². The molecule has 0 fully saturated rings. The summed E-state index contributed by atoms with van der Waals surface area (Å²) in [6.07, 6.45) is 6.46. The van der Waals surface area contributed by atoms with Gasteiger partial charge < -0.3 is 4.74 Å². The zero-order valence-electron chi connectivity index (χ0n) is 19.7. The standard InChI is InChI=1S/C30H25F5O/c1-2-3-4-5-19-6-9-21(10-7-19)23-14-15-25-24(18-23)13-12-22(28(25)33)11-8-20-16-26(31)29(27(32)17-20)36-30(34)35/h2-3,6-7,9-10,12-18,30H,4-5,8,11H2,1H3/b3-2+. The van der Waals surface area contributed by atoms with Crippen molar-refractivity contribution in [3.05, 3.63) is 113 Å². The van der Waals surface area contributed by atoms with Crippen LogP contribution in [0.3, 0.4) is 0 Å². The van der Waals surface area contributed by atoms with Gasteiger partial charge in [-0.3, -0.25) is 0 Å². The van der Waals surface area contributed by atoms with Crippen LogP contribution in [0.1, 0.15) is 30.0 Å². The van der Waals surface area contributed by atoms with Gasteiger partial charge >= 0.3 is 6.61 Å². The van der Waals surface area contributed by atoms with Crippen LogP contribution < -0.4 is 4.74 Å². The van der Waals surface area contributed by atoms with E-state index in [1.54, 1.807) is 12.1 Å². The van der Waals surface area contributed by atoms with Gasteiger partial charge in [-0.15, -0.1) is 0 Å². The van der Waals surface area contributed by atoms with Crippen LogP contribution in [-0.4, -0.2) is 6.61 Å². The molecule has 0 spiro atoms. The van der Waals surface area contributed by atoms with Crippen molar-refractivity contribution < 1.29 is 26.7 Å². The molecule has 0 aromatic heterocycles. The fraction of sp³-hybridized carbons (Fsp3) is 0.200. The highest BCUT2D eigenvalue weighted by Crippen LogP contribution is 2.29. The first-order valence-electron chi connectivity index (χ1n) is 11.7. The normalized spacial score (nSPS) is 11.6. The average Bonchev–Trinajstić information content (AvgIpc) is 2.86. The summed E-state index contributed by atoms with van der Waals surface area (Å²) in [5.41, 5.74) is 3.89. The topological polar surface area (TPSA) is 9.23 Å². The molecule has 0 atom stereocenters. The maximum atomic E-state index is 15.2. The Labute approximate surface area is 206 Å². The van der Waals surface area contributed by atoms with Gasteiger partial charge in [-0.25, -0.2) is 13.2 Å². The molecule has 4 aromatic carbocycles. The third-order valence-electron chi connectivity index (χ3n) is 6.10. The minimum Gasteiger partial charge on any atom is -0.429 e. The van der Waals surface area contributed by atoms with Gasteiger partial charge in [0.15, 0.2) is 17.4 Å². The molecule has 0 radical (unpaired) electrons. The Morgan fingerprint density at radius 2 is 1.44 bits per heavy atom. The Balaban J connectivity index is 1.50. The lowest BCUT2D eigenvalue weighted by atomic mass is 9.96. The van der Waals surface area contributed by atoms with Gasteiger partial charge in [0, 0.05) is 5.39 Å². The smallest absolute Gasteiger partial charge is 0.387 e. The quantitative estimate of drug-likeness (QED) is 0.166. The average molecular weight is 497 g/mol. The number of fused-ring (bicyclic) bond motifs is 1. The van der Waals surface area contributed by atoms with Crippen molar-refractivity contribution in [2.45, 2.75) is 39.2 Å². The fourth-order valence-electron chi connectivity index (χ4n) is 4.23. The second-order valence-corrected chi connectivity index (χ2v) is 8.55. The molecule has 0 saturated carbocycles. The lowest BCUT2D eigenvalue weighted by molar-refractivity contribution is -0.0546.